The van der Waals surface area contributed by atoms with Gasteiger partial charge in [-0.15, -0.1) is 12.3 Å². The lowest BCUT2D eigenvalue weighted by atomic mass is 10.2. The molecule has 0 nitrogen and oxygen atoms in total. The predicted molar refractivity (Wildman–Crippen MR) is 56.8 cm³/mol. The van der Waals surface area contributed by atoms with Crippen LogP contribution < -0.4 is 0 Å². The van der Waals surface area contributed by atoms with Gasteiger partial charge in [0.25, 0.3) is 0 Å². The molecule has 0 radical (unpaired) electrons. The zero-order chi connectivity index (χ0) is 8.81. The van der Waals surface area contributed by atoms with Crippen LogP contribution in [0, 0.1) is 12.3 Å². The summed E-state index contributed by atoms with van der Waals surface area (Å²) in [7, 11) is -0.665. The van der Waals surface area contributed by atoms with E-state index in [0.29, 0.717) is 0 Å². The van der Waals surface area contributed by atoms with E-state index in [1.807, 2.05) is 0 Å². The van der Waals surface area contributed by atoms with Gasteiger partial charge in [-0.05, 0) is 6.04 Å². The van der Waals surface area contributed by atoms with Gasteiger partial charge in [-0.25, -0.2) is 0 Å². The summed E-state index contributed by atoms with van der Waals surface area (Å²) in [4.78, 5) is 0. The van der Waals surface area contributed by atoms with Crippen LogP contribution in [0.3, 0.4) is 0 Å². The van der Waals surface area contributed by atoms with Crippen LogP contribution in [-0.4, -0.2) is 8.80 Å². The third-order valence-corrected chi connectivity index (χ3v) is 3.99. The number of rotatable bonds is 3. The molecular weight excluding hydrogens is 160 g/mol. The third kappa shape index (κ3) is 2.94. The monoisotopic (exact) mass is 174 g/mol. The highest BCUT2D eigenvalue weighted by Gasteiger charge is 2.02. The Morgan fingerprint density at radius 2 is 2.00 bits per heavy atom. The van der Waals surface area contributed by atoms with Crippen LogP contribution in [-0.2, 0) is 6.04 Å². The molecule has 0 spiro atoms. The zero-order valence-corrected chi connectivity index (χ0v) is 8.61. The summed E-state index contributed by atoms with van der Waals surface area (Å²) >= 11 is 0. The highest BCUT2D eigenvalue weighted by Crippen LogP contribution is 2.04. The van der Waals surface area contributed by atoms with Crippen LogP contribution in [0.1, 0.15) is 5.56 Å². The van der Waals surface area contributed by atoms with Crippen molar-refractivity contribution in [2.45, 2.75) is 18.6 Å². The molecule has 0 saturated carbocycles. The number of hydrogen-bond donors (Lipinski definition) is 0. The molecular formula is C11H14Si. The SMILES string of the molecule is C#CC[SiH](C)Cc1ccccc1. The Morgan fingerprint density at radius 1 is 1.33 bits per heavy atom. The molecule has 1 rings (SSSR count). The first kappa shape index (κ1) is 9.09. The largest absolute Gasteiger partial charge is 0.120 e. The molecule has 1 unspecified atom stereocenters. The molecule has 62 valence electrons. The van der Waals surface area contributed by atoms with Crippen LogP contribution >= 0.6 is 0 Å². The van der Waals surface area contributed by atoms with Crippen molar-refractivity contribution in [3.63, 3.8) is 0 Å². The van der Waals surface area contributed by atoms with E-state index in [1.54, 1.807) is 0 Å². The molecule has 0 aliphatic rings. The smallest absolute Gasteiger partial charge is 0.0517 e. The fourth-order valence-electron chi connectivity index (χ4n) is 1.29. The van der Waals surface area contributed by atoms with E-state index in [0.717, 1.165) is 6.04 Å². The second-order valence-corrected chi connectivity index (χ2v) is 6.23. The molecule has 0 N–H and O–H groups in total. The van der Waals surface area contributed by atoms with Gasteiger partial charge in [0.15, 0.2) is 0 Å². The van der Waals surface area contributed by atoms with Gasteiger partial charge < -0.3 is 0 Å². The van der Waals surface area contributed by atoms with E-state index in [2.05, 4.69) is 42.8 Å². The van der Waals surface area contributed by atoms with E-state index in [1.165, 1.54) is 11.6 Å². The molecule has 1 aromatic rings. The Hall–Kier alpha value is -1.00. The molecule has 1 heteroatoms. The molecule has 0 bridgehead atoms. The Kier molecular flexibility index (Phi) is 3.63. The van der Waals surface area contributed by atoms with Gasteiger partial charge in [0.2, 0.25) is 0 Å². The number of hydrogen-bond acceptors (Lipinski definition) is 0. The number of benzene rings is 1. The van der Waals surface area contributed by atoms with E-state index in [4.69, 9.17) is 6.42 Å². The quantitative estimate of drug-likeness (QED) is 0.487. The molecule has 0 heterocycles. The minimum absolute atomic E-state index is 0.665. The van der Waals surface area contributed by atoms with Crippen LogP contribution in [0.4, 0.5) is 0 Å². The molecule has 1 atom stereocenters. The molecule has 0 saturated heterocycles. The average molecular weight is 174 g/mol. The molecule has 0 amide bonds. The molecule has 1 aromatic carbocycles. The molecule has 0 fully saturated rings. The van der Waals surface area contributed by atoms with Gasteiger partial charge in [-0.2, -0.15) is 0 Å². The van der Waals surface area contributed by atoms with E-state index >= 15 is 0 Å². The first-order chi connectivity index (χ1) is 5.83. The van der Waals surface area contributed by atoms with Gasteiger partial charge in [-0.3, -0.25) is 0 Å². The summed E-state index contributed by atoms with van der Waals surface area (Å²) in [6, 6.07) is 12.8. The maximum atomic E-state index is 5.27. The van der Waals surface area contributed by atoms with Crippen molar-refractivity contribution in [2.24, 2.45) is 0 Å². The second-order valence-electron chi connectivity index (χ2n) is 3.20. The first-order valence-electron chi connectivity index (χ1n) is 4.30. The summed E-state index contributed by atoms with van der Waals surface area (Å²) < 4.78 is 0. The lowest BCUT2D eigenvalue weighted by Gasteiger charge is -2.04. The summed E-state index contributed by atoms with van der Waals surface area (Å²) in [6.45, 7) is 2.33. The first-order valence-corrected chi connectivity index (χ1v) is 7.09. The molecule has 0 aliphatic carbocycles. The summed E-state index contributed by atoms with van der Waals surface area (Å²) in [5.41, 5.74) is 1.44. The Labute approximate surface area is 76.2 Å². The number of terminal acetylenes is 1. The van der Waals surface area contributed by atoms with Crippen molar-refractivity contribution in [1.29, 1.82) is 0 Å². The van der Waals surface area contributed by atoms with Gasteiger partial charge in [-0.1, -0.05) is 42.4 Å². The highest BCUT2D eigenvalue weighted by molar-refractivity contribution is 6.57. The summed E-state index contributed by atoms with van der Waals surface area (Å²) in [5, 5.41) is 0. The lowest BCUT2D eigenvalue weighted by Crippen LogP contribution is -2.09. The minimum Gasteiger partial charge on any atom is -0.120 e. The minimum atomic E-state index is -0.665. The van der Waals surface area contributed by atoms with Gasteiger partial charge in [0.05, 0.1) is 8.80 Å². The topological polar surface area (TPSA) is 0 Å². The van der Waals surface area contributed by atoms with Crippen molar-refractivity contribution in [2.75, 3.05) is 0 Å². The lowest BCUT2D eigenvalue weighted by molar-refractivity contribution is 1.34. The molecule has 0 aromatic heterocycles. The normalized spacial score (nSPS) is 12.0. The maximum Gasteiger partial charge on any atom is 0.0517 e. The maximum absolute atomic E-state index is 5.27. The summed E-state index contributed by atoms with van der Waals surface area (Å²) in [5.74, 6) is 2.75. The highest BCUT2D eigenvalue weighted by atomic mass is 28.3. The van der Waals surface area contributed by atoms with Crippen molar-refractivity contribution in [1.82, 2.24) is 0 Å². The van der Waals surface area contributed by atoms with Crippen molar-refractivity contribution in [3.05, 3.63) is 35.9 Å². The average Bonchev–Trinajstić information content (AvgIpc) is 2.06. The van der Waals surface area contributed by atoms with E-state index in [-0.39, 0.29) is 0 Å². The fraction of sp³-hybridized carbons (Fsp3) is 0.273. The van der Waals surface area contributed by atoms with Crippen LogP contribution in [0.15, 0.2) is 30.3 Å². The summed E-state index contributed by atoms with van der Waals surface area (Å²) in [6.07, 6.45) is 5.27. The molecule has 0 aliphatic heterocycles. The van der Waals surface area contributed by atoms with Crippen LogP contribution in [0.2, 0.25) is 12.6 Å². The fourth-order valence-corrected chi connectivity index (χ4v) is 2.91. The second kappa shape index (κ2) is 4.79. The Bertz CT molecular complexity index is 258. The van der Waals surface area contributed by atoms with E-state index in [9.17, 15) is 0 Å². The van der Waals surface area contributed by atoms with Gasteiger partial charge in [0, 0.05) is 6.04 Å². The van der Waals surface area contributed by atoms with Crippen molar-refractivity contribution in [3.8, 4) is 12.3 Å². The van der Waals surface area contributed by atoms with Gasteiger partial charge in [0.1, 0.15) is 0 Å². The third-order valence-electron chi connectivity index (χ3n) is 1.89. The van der Waals surface area contributed by atoms with Crippen molar-refractivity contribution >= 4 is 8.80 Å². The van der Waals surface area contributed by atoms with Gasteiger partial charge >= 0.3 is 0 Å². The van der Waals surface area contributed by atoms with Crippen LogP contribution in [0.5, 0.6) is 0 Å². The van der Waals surface area contributed by atoms with Crippen molar-refractivity contribution < 1.29 is 0 Å². The standard InChI is InChI=1S/C11H14Si/c1-3-9-12(2)10-11-7-5-4-6-8-11/h1,4-8,12H,9-10H2,2H3. The zero-order valence-electron chi connectivity index (χ0n) is 7.46. The van der Waals surface area contributed by atoms with E-state index < -0.39 is 8.80 Å². The van der Waals surface area contributed by atoms with Crippen LogP contribution in [0.25, 0.3) is 0 Å². The predicted octanol–water partition coefficient (Wildman–Crippen LogP) is 2.26. The Morgan fingerprint density at radius 3 is 2.58 bits per heavy atom. The Balaban J connectivity index is 2.48. The molecule has 12 heavy (non-hydrogen) atoms.